The van der Waals surface area contributed by atoms with Crippen molar-refractivity contribution in [3.63, 3.8) is 0 Å². The summed E-state index contributed by atoms with van der Waals surface area (Å²) in [5, 5.41) is 13.1. The lowest BCUT2D eigenvalue weighted by atomic mass is 9.74. The first-order valence-electron chi connectivity index (χ1n) is 19.1. The number of benzene rings is 1. The minimum Gasteiger partial charge on any atom is -0.458 e. The highest BCUT2D eigenvalue weighted by Gasteiger charge is 2.87. The Morgan fingerprint density at radius 2 is 1.42 bits per heavy atom. The topological polar surface area (TPSA) is 162 Å². The van der Waals surface area contributed by atoms with Gasteiger partial charge in [-0.15, -0.1) is 0 Å². The molecule has 55 heavy (non-hydrogen) atoms. The van der Waals surface area contributed by atoms with Crippen LogP contribution in [0.4, 0.5) is 0 Å². The minimum atomic E-state index is -3.37. The van der Waals surface area contributed by atoms with E-state index in [0.29, 0.717) is 6.42 Å². The molecule has 1 N–H and O–H groups in total. The lowest BCUT2D eigenvalue weighted by Crippen LogP contribution is -2.79. The van der Waals surface area contributed by atoms with Gasteiger partial charge in [-0.3, -0.25) is 4.79 Å². The van der Waals surface area contributed by atoms with E-state index in [-0.39, 0.29) is 25.2 Å². The second kappa shape index (κ2) is 17.0. The van der Waals surface area contributed by atoms with E-state index in [9.17, 15) is 24.3 Å². The zero-order chi connectivity index (χ0) is 41.8. The van der Waals surface area contributed by atoms with E-state index >= 15 is 0 Å². The molecule has 0 amide bonds. The van der Waals surface area contributed by atoms with Gasteiger partial charge in [-0.05, 0) is 107 Å². The molecule has 2 bridgehead atoms. The quantitative estimate of drug-likeness (QED) is 0.0915. The van der Waals surface area contributed by atoms with Crippen LogP contribution in [0.5, 0.6) is 0 Å². The van der Waals surface area contributed by atoms with Crippen LogP contribution in [-0.2, 0) is 63.5 Å². The summed E-state index contributed by atoms with van der Waals surface area (Å²) >= 11 is 0. The summed E-state index contributed by atoms with van der Waals surface area (Å²) in [5.74, 6) is -8.32. The Kier molecular flexibility index (Phi) is 14.2. The third-order valence-electron chi connectivity index (χ3n) is 8.88. The molecular formula is C42H64O13. The molecule has 2 fully saturated rings. The molecule has 2 heterocycles. The summed E-state index contributed by atoms with van der Waals surface area (Å²) in [7, 11) is 1.38. The number of hydrogen-bond donors (Lipinski definition) is 1. The molecule has 0 radical (unpaired) electrons. The van der Waals surface area contributed by atoms with E-state index in [1.807, 2.05) is 42.5 Å². The van der Waals surface area contributed by atoms with Crippen molar-refractivity contribution in [2.75, 3.05) is 7.11 Å². The molecule has 2 aliphatic rings. The highest BCUT2D eigenvalue weighted by Crippen LogP contribution is 2.58. The van der Waals surface area contributed by atoms with Gasteiger partial charge >= 0.3 is 23.9 Å². The SMILES string of the molecule is CCCC(=O)O[C@@H]1[C@@H](OC(C)(C)OC)[C@]2(CC/C=C/C(C)Cc3ccccc3)O[C@H](C(=O)OC(C)(C)C)[C@@](O)(C(=O)OC(C)(C)C)[C@@]1(C(=O)OC(C)(C)C)O2. The van der Waals surface area contributed by atoms with Crippen LogP contribution in [0.2, 0.25) is 0 Å². The van der Waals surface area contributed by atoms with Crippen molar-refractivity contribution in [3.05, 3.63) is 48.0 Å². The van der Waals surface area contributed by atoms with Crippen LogP contribution in [0.3, 0.4) is 0 Å². The number of allylic oxidation sites excluding steroid dienone is 2. The Labute approximate surface area is 326 Å². The van der Waals surface area contributed by atoms with Crippen LogP contribution in [0.15, 0.2) is 42.5 Å². The molecule has 0 saturated carbocycles. The highest BCUT2D eigenvalue weighted by atomic mass is 16.8. The van der Waals surface area contributed by atoms with E-state index in [1.54, 1.807) is 62.3 Å². The van der Waals surface area contributed by atoms with Crippen LogP contribution >= 0.6 is 0 Å². The van der Waals surface area contributed by atoms with Crippen LogP contribution in [-0.4, -0.2) is 94.0 Å². The number of fused-ring (bicyclic) bond motifs is 2. The van der Waals surface area contributed by atoms with Crippen LogP contribution in [0, 0.1) is 5.92 Å². The second-order valence-electron chi connectivity index (χ2n) is 17.9. The number of ether oxygens (including phenoxy) is 8. The Bertz CT molecular complexity index is 1530. The van der Waals surface area contributed by atoms with Crippen LogP contribution < -0.4 is 0 Å². The van der Waals surface area contributed by atoms with Gasteiger partial charge in [0.2, 0.25) is 17.5 Å². The van der Waals surface area contributed by atoms with Gasteiger partial charge in [0.05, 0.1) is 0 Å². The smallest absolute Gasteiger partial charge is 0.347 e. The van der Waals surface area contributed by atoms with Crippen molar-refractivity contribution in [2.45, 2.75) is 180 Å². The number of methoxy groups -OCH3 is 1. The number of rotatable bonds is 15. The molecular weight excluding hydrogens is 712 g/mol. The van der Waals surface area contributed by atoms with E-state index in [4.69, 9.17) is 37.9 Å². The molecule has 3 rings (SSSR count). The van der Waals surface area contributed by atoms with Crippen LogP contribution in [0.25, 0.3) is 0 Å². The van der Waals surface area contributed by atoms with Gasteiger partial charge < -0.3 is 43.0 Å². The molecule has 310 valence electrons. The number of esters is 4. The van der Waals surface area contributed by atoms with Gasteiger partial charge in [-0.1, -0.05) is 56.3 Å². The largest absolute Gasteiger partial charge is 0.458 e. The Hall–Kier alpha value is -3.36. The van der Waals surface area contributed by atoms with Crippen molar-refractivity contribution in [1.82, 2.24) is 0 Å². The average Bonchev–Trinajstić information content (AvgIpc) is 3.25. The Balaban J connectivity index is 2.39. The zero-order valence-electron chi connectivity index (χ0n) is 35.2. The third kappa shape index (κ3) is 10.9. The van der Waals surface area contributed by atoms with Gasteiger partial charge in [-0.25, -0.2) is 14.4 Å². The van der Waals surface area contributed by atoms with Crippen molar-refractivity contribution in [3.8, 4) is 0 Å². The molecule has 1 aromatic rings. The molecule has 2 saturated heterocycles. The van der Waals surface area contributed by atoms with E-state index in [1.165, 1.54) is 27.9 Å². The molecule has 1 unspecified atom stereocenters. The monoisotopic (exact) mass is 776 g/mol. The fourth-order valence-electron chi connectivity index (χ4n) is 6.53. The first kappa shape index (κ1) is 46.0. The molecule has 0 aromatic heterocycles. The summed E-state index contributed by atoms with van der Waals surface area (Å²) in [6.45, 7) is 21.1. The summed E-state index contributed by atoms with van der Waals surface area (Å²) in [6.07, 6.45) is -0.827. The minimum absolute atomic E-state index is 0.114. The van der Waals surface area contributed by atoms with Gasteiger partial charge in [0, 0.05) is 20.0 Å². The Morgan fingerprint density at radius 3 is 1.95 bits per heavy atom. The molecule has 7 atom stereocenters. The van der Waals surface area contributed by atoms with Crippen molar-refractivity contribution >= 4 is 23.9 Å². The summed E-state index contributed by atoms with van der Waals surface area (Å²) in [6, 6.07) is 10.0. The molecule has 0 spiro atoms. The summed E-state index contributed by atoms with van der Waals surface area (Å²) in [5.41, 5.74) is -8.89. The van der Waals surface area contributed by atoms with Gasteiger partial charge in [0.25, 0.3) is 5.60 Å². The predicted octanol–water partition coefficient (Wildman–Crippen LogP) is 6.30. The third-order valence-corrected chi connectivity index (χ3v) is 8.88. The fraction of sp³-hybridized carbons (Fsp3) is 0.714. The number of hydrogen-bond acceptors (Lipinski definition) is 13. The van der Waals surface area contributed by atoms with Crippen molar-refractivity contribution in [2.24, 2.45) is 5.92 Å². The van der Waals surface area contributed by atoms with Crippen molar-refractivity contribution in [1.29, 1.82) is 0 Å². The standard InChI is InChI=1S/C42H64O13/c1-15-21-29(43)49-31-30(50-39(12,13)48-14)40(25-20-19-22-27(2)26-28-23-17-16-18-24-28)51-32(33(44)52-36(3,4)5)41(47,34(45)53-37(6,7)8)42(31,55-40)35(46)54-38(9,10)11/h16-19,22-24,27,30-32,47H,15,20-21,25-26H2,1-14H3/b22-19+/t27?,30-,31-,32-,40-,41-,42-/m1/s1. The first-order chi connectivity index (χ1) is 25.2. The van der Waals surface area contributed by atoms with E-state index in [0.717, 1.165) is 12.0 Å². The number of carbonyl (C=O) groups excluding carboxylic acids is 4. The maximum atomic E-state index is 15.0. The normalized spacial score (nSPS) is 27.7. The second-order valence-corrected chi connectivity index (χ2v) is 17.9. The fourth-order valence-corrected chi connectivity index (χ4v) is 6.53. The van der Waals surface area contributed by atoms with Gasteiger partial charge in [0.15, 0.2) is 18.0 Å². The maximum absolute atomic E-state index is 15.0. The summed E-state index contributed by atoms with van der Waals surface area (Å²) in [4.78, 5) is 57.5. The first-order valence-corrected chi connectivity index (χ1v) is 19.1. The van der Waals surface area contributed by atoms with Gasteiger partial charge in [0.1, 0.15) is 16.8 Å². The van der Waals surface area contributed by atoms with Crippen LogP contribution in [0.1, 0.15) is 121 Å². The van der Waals surface area contributed by atoms with Gasteiger partial charge in [-0.2, -0.15) is 0 Å². The predicted molar refractivity (Wildman–Crippen MR) is 202 cm³/mol. The highest BCUT2D eigenvalue weighted by molar-refractivity contribution is 6.00. The lowest BCUT2D eigenvalue weighted by molar-refractivity contribution is -0.387. The molecule has 2 aliphatic heterocycles. The molecule has 13 heteroatoms. The lowest BCUT2D eigenvalue weighted by Gasteiger charge is -2.51. The van der Waals surface area contributed by atoms with E-state index < -0.39 is 81.8 Å². The van der Waals surface area contributed by atoms with E-state index in [2.05, 4.69) is 6.92 Å². The maximum Gasteiger partial charge on any atom is 0.347 e. The molecule has 0 aliphatic carbocycles. The number of carbonyl (C=O) groups is 4. The average molecular weight is 777 g/mol. The zero-order valence-corrected chi connectivity index (χ0v) is 35.2. The molecule has 1 aromatic carbocycles. The Morgan fingerprint density at radius 1 is 0.855 bits per heavy atom. The number of aliphatic hydroxyl groups is 1. The molecule has 13 nitrogen and oxygen atoms in total. The summed E-state index contributed by atoms with van der Waals surface area (Å²) < 4.78 is 48.9. The van der Waals surface area contributed by atoms with Crippen molar-refractivity contribution < 1.29 is 62.2 Å².